The maximum Gasteiger partial charge on any atom is 0.261 e. The first-order valence-electron chi connectivity index (χ1n) is 7.90. The second-order valence-electron chi connectivity index (χ2n) is 5.70. The number of rotatable bonds is 6. The molecule has 1 heterocycles. The highest BCUT2D eigenvalue weighted by Gasteiger charge is 2.10. The van der Waals surface area contributed by atoms with Crippen molar-refractivity contribution in [2.24, 2.45) is 0 Å². The lowest BCUT2D eigenvalue weighted by atomic mass is 10.2. The van der Waals surface area contributed by atoms with Crippen LogP contribution in [-0.4, -0.2) is 5.91 Å². The fourth-order valence-electron chi connectivity index (χ4n) is 2.28. The number of hydrogen-bond donors (Lipinski definition) is 1. The lowest BCUT2D eigenvalue weighted by Gasteiger charge is -2.06. The summed E-state index contributed by atoms with van der Waals surface area (Å²) < 4.78 is 5.74. The van der Waals surface area contributed by atoms with Crippen molar-refractivity contribution in [2.45, 2.75) is 20.1 Å². The number of carbonyl (C=O) groups is 1. The fourth-order valence-corrected chi connectivity index (χ4v) is 3.29. The molecule has 0 aliphatic heterocycles. The molecule has 0 saturated carbocycles. The van der Waals surface area contributed by atoms with Gasteiger partial charge in [-0.3, -0.25) is 4.79 Å². The van der Waals surface area contributed by atoms with Crippen molar-refractivity contribution < 1.29 is 9.53 Å². The standard InChI is InChI=1S/C20H18ClNO2S/c1-14-6-8-17(9-7-14)24-12-15-10-19(25-13-15)20(23)22-11-16-4-2-3-5-18(16)21/h2-10,13H,11-12H2,1H3,(H,22,23). The molecule has 1 N–H and O–H groups in total. The first-order valence-corrected chi connectivity index (χ1v) is 9.16. The molecule has 3 nitrogen and oxygen atoms in total. The fraction of sp³-hybridized carbons (Fsp3) is 0.150. The Bertz CT molecular complexity index is 858. The maximum absolute atomic E-state index is 12.3. The molecular formula is C20H18ClNO2S. The number of carbonyl (C=O) groups excluding carboxylic acids is 1. The predicted molar refractivity (Wildman–Crippen MR) is 102 cm³/mol. The van der Waals surface area contributed by atoms with Crippen LogP contribution in [0, 0.1) is 6.92 Å². The molecule has 1 aromatic heterocycles. The van der Waals surface area contributed by atoms with Crippen LogP contribution in [0.15, 0.2) is 60.0 Å². The molecule has 0 bridgehead atoms. The van der Waals surface area contributed by atoms with Crippen molar-refractivity contribution in [1.29, 1.82) is 0 Å². The predicted octanol–water partition coefficient (Wildman–Crippen LogP) is 5.22. The highest BCUT2D eigenvalue weighted by Crippen LogP contribution is 2.19. The Kier molecular flexibility index (Phi) is 5.74. The minimum atomic E-state index is -0.105. The topological polar surface area (TPSA) is 38.3 Å². The van der Waals surface area contributed by atoms with E-state index in [1.54, 1.807) is 0 Å². The molecule has 0 spiro atoms. The molecule has 0 unspecified atom stereocenters. The van der Waals surface area contributed by atoms with Crippen molar-refractivity contribution in [2.75, 3.05) is 0 Å². The van der Waals surface area contributed by atoms with Gasteiger partial charge in [-0.2, -0.15) is 0 Å². The van der Waals surface area contributed by atoms with Gasteiger partial charge >= 0.3 is 0 Å². The number of aryl methyl sites for hydroxylation is 1. The monoisotopic (exact) mass is 371 g/mol. The molecule has 0 saturated heterocycles. The summed E-state index contributed by atoms with van der Waals surface area (Å²) in [4.78, 5) is 12.9. The van der Waals surface area contributed by atoms with Crippen molar-refractivity contribution >= 4 is 28.8 Å². The number of amides is 1. The number of benzene rings is 2. The molecule has 3 rings (SSSR count). The van der Waals surface area contributed by atoms with E-state index in [2.05, 4.69) is 5.32 Å². The van der Waals surface area contributed by atoms with Gasteiger partial charge < -0.3 is 10.1 Å². The minimum Gasteiger partial charge on any atom is -0.489 e. The lowest BCUT2D eigenvalue weighted by Crippen LogP contribution is -2.21. The van der Waals surface area contributed by atoms with Crippen molar-refractivity contribution in [3.63, 3.8) is 0 Å². The zero-order valence-corrected chi connectivity index (χ0v) is 15.4. The third-order valence-electron chi connectivity index (χ3n) is 3.70. The van der Waals surface area contributed by atoms with Gasteiger partial charge in [-0.25, -0.2) is 0 Å². The third kappa shape index (κ3) is 4.84. The van der Waals surface area contributed by atoms with Crippen LogP contribution in [0.3, 0.4) is 0 Å². The SMILES string of the molecule is Cc1ccc(OCc2csc(C(=O)NCc3ccccc3Cl)c2)cc1. The van der Waals surface area contributed by atoms with Crippen LogP contribution in [0.5, 0.6) is 5.75 Å². The van der Waals surface area contributed by atoms with Gasteiger partial charge in [-0.15, -0.1) is 11.3 Å². The van der Waals surface area contributed by atoms with Crippen molar-refractivity contribution in [1.82, 2.24) is 5.32 Å². The summed E-state index contributed by atoms with van der Waals surface area (Å²) >= 11 is 7.51. The maximum atomic E-state index is 12.3. The summed E-state index contributed by atoms with van der Waals surface area (Å²) in [5.41, 5.74) is 3.07. The summed E-state index contributed by atoms with van der Waals surface area (Å²) in [5, 5.41) is 5.49. The smallest absolute Gasteiger partial charge is 0.261 e. The molecule has 0 fully saturated rings. The first kappa shape index (κ1) is 17.5. The average molecular weight is 372 g/mol. The molecular weight excluding hydrogens is 354 g/mol. The molecule has 5 heteroatoms. The van der Waals surface area contributed by atoms with Crippen molar-refractivity contribution in [3.05, 3.63) is 86.6 Å². The van der Waals surface area contributed by atoms with E-state index in [9.17, 15) is 4.79 Å². The Labute approximate surface area is 156 Å². The van der Waals surface area contributed by atoms with Crippen LogP contribution < -0.4 is 10.1 Å². The van der Waals surface area contributed by atoms with Gasteiger partial charge in [0.25, 0.3) is 5.91 Å². The molecule has 25 heavy (non-hydrogen) atoms. The van der Waals surface area contributed by atoms with Gasteiger partial charge in [-0.1, -0.05) is 47.5 Å². The van der Waals surface area contributed by atoms with Gasteiger partial charge in [-0.05, 0) is 42.1 Å². The number of hydrogen-bond acceptors (Lipinski definition) is 3. The zero-order valence-electron chi connectivity index (χ0n) is 13.8. The lowest BCUT2D eigenvalue weighted by molar-refractivity contribution is 0.0955. The van der Waals surface area contributed by atoms with E-state index in [1.807, 2.05) is 66.9 Å². The Hall–Kier alpha value is -2.30. The second-order valence-corrected chi connectivity index (χ2v) is 7.01. The van der Waals surface area contributed by atoms with Crippen LogP contribution in [0.2, 0.25) is 5.02 Å². The summed E-state index contributed by atoms with van der Waals surface area (Å²) in [5.74, 6) is 0.716. The van der Waals surface area contributed by atoms with Crippen LogP contribution >= 0.6 is 22.9 Å². The molecule has 0 aliphatic rings. The first-order chi connectivity index (χ1) is 12.1. The van der Waals surface area contributed by atoms with E-state index >= 15 is 0 Å². The van der Waals surface area contributed by atoms with E-state index in [0.29, 0.717) is 23.1 Å². The number of halogens is 1. The molecule has 2 aromatic carbocycles. The van der Waals surface area contributed by atoms with E-state index in [4.69, 9.17) is 16.3 Å². The molecule has 3 aromatic rings. The Morgan fingerprint density at radius 2 is 1.92 bits per heavy atom. The normalized spacial score (nSPS) is 10.5. The van der Waals surface area contributed by atoms with E-state index < -0.39 is 0 Å². The number of nitrogens with one attached hydrogen (secondary N) is 1. The molecule has 0 atom stereocenters. The highest BCUT2D eigenvalue weighted by molar-refractivity contribution is 7.12. The van der Waals surface area contributed by atoms with Crippen LogP contribution in [0.4, 0.5) is 0 Å². The minimum absolute atomic E-state index is 0.105. The van der Waals surface area contributed by atoms with Crippen LogP contribution in [0.1, 0.15) is 26.4 Å². The Balaban J connectivity index is 1.54. The van der Waals surface area contributed by atoms with Gasteiger partial charge in [0.05, 0.1) is 4.88 Å². The quantitative estimate of drug-likeness (QED) is 0.645. The van der Waals surface area contributed by atoms with E-state index in [1.165, 1.54) is 16.9 Å². The second kappa shape index (κ2) is 8.19. The number of thiophene rings is 1. The van der Waals surface area contributed by atoms with E-state index in [-0.39, 0.29) is 5.91 Å². The largest absolute Gasteiger partial charge is 0.489 e. The van der Waals surface area contributed by atoms with Gasteiger partial charge in [0.15, 0.2) is 0 Å². The van der Waals surface area contributed by atoms with Crippen LogP contribution in [-0.2, 0) is 13.2 Å². The zero-order chi connectivity index (χ0) is 17.6. The summed E-state index contributed by atoms with van der Waals surface area (Å²) in [7, 11) is 0. The molecule has 128 valence electrons. The molecule has 0 radical (unpaired) electrons. The van der Waals surface area contributed by atoms with Gasteiger partial charge in [0, 0.05) is 17.1 Å². The van der Waals surface area contributed by atoms with Crippen LogP contribution in [0.25, 0.3) is 0 Å². The molecule has 1 amide bonds. The van der Waals surface area contributed by atoms with Gasteiger partial charge in [0.2, 0.25) is 0 Å². The third-order valence-corrected chi connectivity index (χ3v) is 5.05. The highest BCUT2D eigenvalue weighted by atomic mass is 35.5. The summed E-state index contributed by atoms with van der Waals surface area (Å²) in [6.07, 6.45) is 0. The van der Waals surface area contributed by atoms with Gasteiger partial charge in [0.1, 0.15) is 12.4 Å². The Morgan fingerprint density at radius 1 is 1.16 bits per heavy atom. The summed E-state index contributed by atoms with van der Waals surface area (Å²) in [6.45, 7) is 2.89. The number of ether oxygens (including phenoxy) is 1. The summed E-state index contributed by atoms with van der Waals surface area (Å²) in [6, 6.07) is 17.3. The average Bonchev–Trinajstić information content (AvgIpc) is 3.09. The van der Waals surface area contributed by atoms with Crippen molar-refractivity contribution in [3.8, 4) is 5.75 Å². The van der Waals surface area contributed by atoms with E-state index in [0.717, 1.165) is 16.9 Å². The molecule has 0 aliphatic carbocycles. The Morgan fingerprint density at radius 3 is 2.68 bits per heavy atom.